The lowest BCUT2D eigenvalue weighted by atomic mass is 10.1. The van der Waals surface area contributed by atoms with Gasteiger partial charge in [0.2, 0.25) is 0 Å². The van der Waals surface area contributed by atoms with Crippen molar-refractivity contribution in [2.45, 2.75) is 25.8 Å². The van der Waals surface area contributed by atoms with E-state index in [2.05, 4.69) is 20.8 Å². The average Bonchev–Trinajstić information content (AvgIpc) is 2.37. The normalized spacial score (nSPS) is 17.1. The number of piperidine rings is 1. The lowest BCUT2D eigenvalue weighted by Crippen LogP contribution is -2.29. The summed E-state index contributed by atoms with van der Waals surface area (Å²) in [5, 5.41) is 0. The largest absolute Gasteiger partial charge is 0.496 e. The third-order valence-corrected chi connectivity index (χ3v) is 4.06. The summed E-state index contributed by atoms with van der Waals surface area (Å²) in [5.41, 5.74) is 0.911. The number of hydrogen-bond donors (Lipinski definition) is 0. The standard InChI is InChI=1S/C13H17BrFNO/c1-17-12-6-5-11(15)13(14)10(12)9-16-7-3-2-4-8-16/h5-6H,2-4,7-9H2,1H3. The Kier molecular flexibility index (Phi) is 4.40. The lowest BCUT2D eigenvalue weighted by Gasteiger charge is -2.27. The number of benzene rings is 1. The van der Waals surface area contributed by atoms with Crippen molar-refractivity contribution in [1.29, 1.82) is 0 Å². The smallest absolute Gasteiger partial charge is 0.137 e. The number of halogens is 2. The molecule has 2 rings (SSSR count). The van der Waals surface area contributed by atoms with Crippen LogP contribution in [0.3, 0.4) is 0 Å². The van der Waals surface area contributed by atoms with Gasteiger partial charge in [-0.1, -0.05) is 6.42 Å². The first-order valence-corrected chi connectivity index (χ1v) is 6.75. The van der Waals surface area contributed by atoms with Gasteiger partial charge in [-0.3, -0.25) is 4.90 Å². The van der Waals surface area contributed by atoms with Crippen LogP contribution in [0.5, 0.6) is 5.75 Å². The van der Waals surface area contributed by atoms with E-state index in [1.54, 1.807) is 13.2 Å². The number of methoxy groups -OCH3 is 1. The third-order valence-electron chi connectivity index (χ3n) is 3.20. The van der Waals surface area contributed by atoms with Gasteiger partial charge >= 0.3 is 0 Å². The van der Waals surface area contributed by atoms with E-state index in [1.807, 2.05) is 0 Å². The Balaban J connectivity index is 2.20. The van der Waals surface area contributed by atoms with Crippen molar-refractivity contribution >= 4 is 15.9 Å². The van der Waals surface area contributed by atoms with Gasteiger partial charge in [-0.25, -0.2) is 4.39 Å². The van der Waals surface area contributed by atoms with Gasteiger partial charge in [-0.2, -0.15) is 0 Å². The van der Waals surface area contributed by atoms with Crippen LogP contribution in [0.15, 0.2) is 16.6 Å². The molecule has 94 valence electrons. The summed E-state index contributed by atoms with van der Waals surface area (Å²) in [6.07, 6.45) is 3.77. The molecule has 0 N–H and O–H groups in total. The minimum Gasteiger partial charge on any atom is -0.496 e. The Hall–Kier alpha value is -0.610. The van der Waals surface area contributed by atoms with E-state index in [0.29, 0.717) is 4.47 Å². The van der Waals surface area contributed by atoms with Gasteiger partial charge in [-0.15, -0.1) is 0 Å². The molecule has 0 unspecified atom stereocenters. The zero-order valence-corrected chi connectivity index (χ0v) is 11.6. The topological polar surface area (TPSA) is 12.5 Å². The molecular weight excluding hydrogens is 285 g/mol. The second-order valence-electron chi connectivity index (χ2n) is 4.38. The van der Waals surface area contributed by atoms with E-state index in [9.17, 15) is 4.39 Å². The molecule has 1 saturated heterocycles. The summed E-state index contributed by atoms with van der Waals surface area (Å²) < 4.78 is 19.4. The summed E-state index contributed by atoms with van der Waals surface area (Å²) in [7, 11) is 1.62. The number of ether oxygens (including phenoxy) is 1. The zero-order chi connectivity index (χ0) is 12.3. The average molecular weight is 302 g/mol. The van der Waals surface area contributed by atoms with Crippen LogP contribution in [-0.4, -0.2) is 25.1 Å². The molecule has 0 atom stereocenters. The van der Waals surface area contributed by atoms with Gasteiger partial charge in [0, 0.05) is 12.1 Å². The Morgan fingerprint density at radius 3 is 2.65 bits per heavy atom. The predicted octanol–water partition coefficient (Wildman–Crippen LogP) is 3.58. The van der Waals surface area contributed by atoms with Gasteiger partial charge < -0.3 is 4.74 Å². The summed E-state index contributed by atoms with van der Waals surface area (Å²) >= 11 is 3.32. The van der Waals surface area contributed by atoms with Gasteiger partial charge in [0.05, 0.1) is 11.6 Å². The Bertz CT molecular complexity index is 391. The molecule has 2 nitrogen and oxygen atoms in total. The van der Waals surface area contributed by atoms with E-state index < -0.39 is 0 Å². The van der Waals surface area contributed by atoms with E-state index in [-0.39, 0.29) is 5.82 Å². The SMILES string of the molecule is COc1ccc(F)c(Br)c1CN1CCCCC1. The van der Waals surface area contributed by atoms with Crippen LogP contribution < -0.4 is 4.74 Å². The molecule has 1 aromatic carbocycles. The molecule has 1 aromatic rings. The van der Waals surface area contributed by atoms with E-state index >= 15 is 0 Å². The van der Waals surface area contributed by atoms with E-state index in [4.69, 9.17) is 4.74 Å². The molecule has 0 aliphatic carbocycles. The second kappa shape index (κ2) is 5.83. The molecule has 0 saturated carbocycles. The van der Waals surface area contributed by atoms with Crippen molar-refractivity contribution < 1.29 is 9.13 Å². The molecule has 0 amide bonds. The maximum Gasteiger partial charge on any atom is 0.137 e. The van der Waals surface area contributed by atoms with Gasteiger partial charge in [0.1, 0.15) is 11.6 Å². The van der Waals surface area contributed by atoms with Crippen molar-refractivity contribution in [3.05, 3.63) is 28.0 Å². The minimum atomic E-state index is -0.224. The number of nitrogens with zero attached hydrogens (tertiary/aromatic N) is 1. The summed E-state index contributed by atoms with van der Waals surface area (Å²) in [6, 6.07) is 3.13. The highest BCUT2D eigenvalue weighted by atomic mass is 79.9. The molecule has 17 heavy (non-hydrogen) atoms. The lowest BCUT2D eigenvalue weighted by molar-refractivity contribution is 0.217. The molecule has 1 aliphatic rings. The molecule has 1 aliphatic heterocycles. The molecule has 4 heteroatoms. The van der Waals surface area contributed by atoms with Gasteiger partial charge in [0.25, 0.3) is 0 Å². The molecule has 1 heterocycles. The molecule has 0 bridgehead atoms. The molecular formula is C13H17BrFNO. The number of rotatable bonds is 3. The third kappa shape index (κ3) is 2.99. The van der Waals surface area contributed by atoms with Crippen LogP contribution in [0.2, 0.25) is 0 Å². The number of hydrogen-bond acceptors (Lipinski definition) is 2. The molecule has 1 fully saturated rings. The molecule has 0 spiro atoms. The maximum absolute atomic E-state index is 13.5. The fraction of sp³-hybridized carbons (Fsp3) is 0.538. The van der Waals surface area contributed by atoms with Crippen LogP contribution in [0.4, 0.5) is 4.39 Å². The maximum atomic E-state index is 13.5. The van der Waals surface area contributed by atoms with E-state index in [0.717, 1.165) is 30.9 Å². The zero-order valence-electron chi connectivity index (χ0n) is 10.0. The second-order valence-corrected chi connectivity index (χ2v) is 5.17. The first kappa shape index (κ1) is 12.8. The monoisotopic (exact) mass is 301 g/mol. The molecule has 0 aromatic heterocycles. The summed E-state index contributed by atoms with van der Waals surface area (Å²) in [4.78, 5) is 2.35. The number of likely N-dealkylation sites (tertiary alicyclic amines) is 1. The quantitative estimate of drug-likeness (QED) is 0.846. The highest BCUT2D eigenvalue weighted by Crippen LogP contribution is 2.31. The summed E-state index contributed by atoms with van der Waals surface area (Å²) in [6.45, 7) is 2.93. The van der Waals surface area contributed by atoms with Crippen molar-refractivity contribution in [2.24, 2.45) is 0 Å². The first-order chi connectivity index (χ1) is 8.22. The van der Waals surface area contributed by atoms with Crippen molar-refractivity contribution in [3.8, 4) is 5.75 Å². The van der Waals surface area contributed by atoms with Gasteiger partial charge in [-0.05, 0) is 54.0 Å². The fourth-order valence-corrected chi connectivity index (χ4v) is 2.71. The Labute approximate surface area is 110 Å². The summed E-state index contributed by atoms with van der Waals surface area (Å²) in [5.74, 6) is 0.529. The van der Waals surface area contributed by atoms with Crippen LogP contribution in [0, 0.1) is 5.82 Å². The van der Waals surface area contributed by atoms with Crippen molar-refractivity contribution in [3.63, 3.8) is 0 Å². The van der Waals surface area contributed by atoms with Gasteiger partial charge in [0.15, 0.2) is 0 Å². The van der Waals surface area contributed by atoms with Crippen LogP contribution in [0.25, 0.3) is 0 Å². The van der Waals surface area contributed by atoms with E-state index in [1.165, 1.54) is 25.3 Å². The predicted molar refractivity (Wildman–Crippen MR) is 69.8 cm³/mol. The van der Waals surface area contributed by atoms with Crippen molar-refractivity contribution in [2.75, 3.05) is 20.2 Å². The van der Waals surface area contributed by atoms with Crippen LogP contribution >= 0.6 is 15.9 Å². The van der Waals surface area contributed by atoms with Crippen LogP contribution in [-0.2, 0) is 6.54 Å². The Morgan fingerprint density at radius 2 is 2.00 bits per heavy atom. The van der Waals surface area contributed by atoms with Crippen molar-refractivity contribution in [1.82, 2.24) is 4.90 Å². The fourth-order valence-electron chi connectivity index (χ4n) is 2.25. The highest BCUT2D eigenvalue weighted by Gasteiger charge is 2.17. The highest BCUT2D eigenvalue weighted by molar-refractivity contribution is 9.10. The first-order valence-electron chi connectivity index (χ1n) is 5.95. The Morgan fingerprint density at radius 1 is 1.29 bits per heavy atom. The van der Waals surface area contributed by atoms with Crippen LogP contribution in [0.1, 0.15) is 24.8 Å². The molecule has 0 radical (unpaired) electrons. The minimum absolute atomic E-state index is 0.224.